The molecular formula is C35H48BrN3O7. The molecule has 10 nitrogen and oxygen atoms in total. The number of hydrogen-bond acceptors (Lipinski definition) is 7. The van der Waals surface area contributed by atoms with Gasteiger partial charge in [-0.15, -0.1) is 13.2 Å². The number of hydrogen-bond donors (Lipinski definition) is 2. The minimum absolute atomic E-state index is 0.179. The number of amides is 3. The Balaban J connectivity index is 1.74. The molecule has 0 radical (unpaired) electrons. The highest BCUT2D eigenvalue weighted by Crippen LogP contribution is 2.61. The van der Waals surface area contributed by atoms with Crippen LogP contribution in [0.15, 0.2) is 55.6 Å². The fourth-order valence-corrected chi connectivity index (χ4v) is 8.33. The van der Waals surface area contributed by atoms with E-state index >= 15 is 0 Å². The summed E-state index contributed by atoms with van der Waals surface area (Å²) >= 11 is 3.71. The van der Waals surface area contributed by atoms with E-state index in [1.54, 1.807) is 24.0 Å². The van der Waals surface area contributed by atoms with Gasteiger partial charge in [0.05, 0.1) is 36.6 Å². The number of nitrogens with zero attached hydrogens (tertiary/aromatic N) is 2. The number of fused-ring (bicyclic) bond motifs is 1. The molecule has 0 aliphatic carbocycles. The highest BCUT2D eigenvalue weighted by atomic mass is 79.9. The number of nitrogens with one attached hydrogen (secondary N) is 1. The second-order valence-electron chi connectivity index (χ2n) is 13.2. The lowest BCUT2D eigenvalue weighted by Gasteiger charge is -2.41. The van der Waals surface area contributed by atoms with Gasteiger partial charge in [0.2, 0.25) is 17.7 Å². The molecule has 2 N–H and O–H groups in total. The lowest BCUT2D eigenvalue weighted by Crippen LogP contribution is -2.60. The van der Waals surface area contributed by atoms with Gasteiger partial charge in [0.1, 0.15) is 17.7 Å². The quantitative estimate of drug-likeness (QED) is 0.161. The van der Waals surface area contributed by atoms with Crippen LogP contribution in [0.25, 0.3) is 0 Å². The molecule has 3 heterocycles. The topological polar surface area (TPSA) is 125 Å². The predicted octanol–water partition coefficient (Wildman–Crippen LogP) is 3.93. The van der Waals surface area contributed by atoms with Crippen molar-refractivity contribution in [2.75, 3.05) is 13.2 Å². The first-order valence-electron chi connectivity index (χ1n) is 16.2. The van der Waals surface area contributed by atoms with Crippen molar-refractivity contribution in [3.05, 3.63) is 61.2 Å². The molecular weight excluding hydrogens is 654 g/mol. The first-order chi connectivity index (χ1) is 21.8. The van der Waals surface area contributed by atoms with Gasteiger partial charge in [0, 0.05) is 23.8 Å². The third-order valence-corrected chi connectivity index (χ3v) is 10.4. The third-order valence-electron chi connectivity index (χ3n) is 9.57. The lowest BCUT2D eigenvalue weighted by molar-refractivity contribution is -0.163. The van der Waals surface area contributed by atoms with E-state index < -0.39 is 59.6 Å². The van der Waals surface area contributed by atoms with Crippen molar-refractivity contribution in [3.8, 4) is 0 Å². The van der Waals surface area contributed by atoms with Crippen LogP contribution in [0.5, 0.6) is 0 Å². The standard InChI is InChI=1S/C35H48BrN3O7/c1-8-10-16-26(41)37-22(7)29(23-14-12-11-13-15-23)45-34(44)27-28-32(42)39(25(19-40)20(3)4)31(33(43)38(17-9-2)21(5)6)35(28)18-24(36)30(27)46-35/h8-9,11-15,20-22,24-25,27-31,40H,1-2,10,16-19H2,3-7H3,(H,37,41)/t22-,24?,25-,27-,28+,29-,30-,31-,35+/m0/s1. The van der Waals surface area contributed by atoms with Crippen LogP contribution >= 0.6 is 15.9 Å². The average molecular weight is 703 g/mol. The van der Waals surface area contributed by atoms with Gasteiger partial charge in [0.15, 0.2) is 0 Å². The van der Waals surface area contributed by atoms with Crippen molar-refractivity contribution >= 4 is 39.6 Å². The second kappa shape index (κ2) is 14.8. The second-order valence-corrected chi connectivity index (χ2v) is 14.4. The Kier molecular flexibility index (Phi) is 11.5. The Hall–Kier alpha value is -3.02. The number of likely N-dealkylation sites (tertiary alicyclic amines) is 1. The molecule has 3 fully saturated rings. The van der Waals surface area contributed by atoms with Gasteiger partial charge in [-0.05, 0) is 45.1 Å². The molecule has 9 atom stereocenters. The van der Waals surface area contributed by atoms with E-state index in [2.05, 4.69) is 34.4 Å². The van der Waals surface area contributed by atoms with E-state index in [9.17, 15) is 24.3 Å². The SMILES string of the molecule is C=CCCC(=O)N[C@@H](C)[C@H](OC(=O)[C@@H]1[C@H]2O[C@@]3(CC2Br)[C@H](C(=O)N(CC=C)C(C)C)N([C@@H](CO)C(C)C)C(=O)[C@@H]13)c1ccccc1. The monoisotopic (exact) mass is 701 g/mol. The maximum absolute atomic E-state index is 14.6. The number of rotatable bonds is 15. The summed E-state index contributed by atoms with van der Waals surface area (Å²) in [6.07, 6.45) is 2.83. The highest BCUT2D eigenvalue weighted by Gasteiger charge is 2.77. The molecule has 2 bridgehead atoms. The van der Waals surface area contributed by atoms with Crippen molar-refractivity contribution in [1.29, 1.82) is 0 Å². The lowest BCUT2D eigenvalue weighted by atomic mass is 9.70. The first-order valence-corrected chi connectivity index (χ1v) is 17.1. The Morgan fingerprint density at radius 1 is 1.17 bits per heavy atom. The Bertz CT molecular complexity index is 1310. The molecule has 3 aliphatic heterocycles. The van der Waals surface area contributed by atoms with Gasteiger partial charge in [-0.25, -0.2) is 0 Å². The molecule has 46 heavy (non-hydrogen) atoms. The molecule has 0 saturated carbocycles. The normalized spacial score (nSPS) is 28.5. The molecule has 1 aromatic rings. The Morgan fingerprint density at radius 2 is 1.85 bits per heavy atom. The Labute approximate surface area is 280 Å². The maximum Gasteiger partial charge on any atom is 0.313 e. The number of aliphatic hydroxyl groups is 1. The summed E-state index contributed by atoms with van der Waals surface area (Å²) in [6, 6.07) is 6.64. The van der Waals surface area contributed by atoms with Crippen molar-refractivity contribution in [2.45, 2.75) is 101 Å². The number of aliphatic hydroxyl groups excluding tert-OH is 1. The van der Waals surface area contributed by atoms with Gasteiger partial charge in [0.25, 0.3) is 0 Å². The van der Waals surface area contributed by atoms with Crippen molar-refractivity contribution in [1.82, 2.24) is 15.1 Å². The van der Waals surface area contributed by atoms with E-state index in [-0.39, 0.29) is 48.2 Å². The summed E-state index contributed by atoms with van der Waals surface area (Å²) in [5.41, 5.74) is -0.619. The molecule has 4 rings (SSSR count). The first kappa shape index (κ1) is 35.8. The van der Waals surface area contributed by atoms with Crippen molar-refractivity contribution in [3.63, 3.8) is 0 Å². The van der Waals surface area contributed by atoms with Crippen LogP contribution in [-0.4, -0.2) is 92.4 Å². The minimum atomic E-state index is -1.31. The van der Waals surface area contributed by atoms with Crippen LogP contribution in [-0.2, 0) is 28.7 Å². The predicted molar refractivity (Wildman–Crippen MR) is 178 cm³/mol. The average Bonchev–Trinajstić information content (AvgIpc) is 3.61. The van der Waals surface area contributed by atoms with Crippen LogP contribution in [0.2, 0.25) is 0 Å². The number of benzene rings is 1. The molecule has 252 valence electrons. The number of halogens is 1. The summed E-state index contributed by atoms with van der Waals surface area (Å²) < 4.78 is 12.9. The molecule has 3 aliphatic rings. The summed E-state index contributed by atoms with van der Waals surface area (Å²) in [4.78, 5) is 58.8. The summed E-state index contributed by atoms with van der Waals surface area (Å²) in [5, 5.41) is 13.4. The number of carbonyl (C=O) groups excluding carboxylic acids is 4. The summed E-state index contributed by atoms with van der Waals surface area (Å²) in [6.45, 7) is 16.7. The zero-order valence-corrected chi connectivity index (χ0v) is 29.0. The van der Waals surface area contributed by atoms with Gasteiger partial charge in [-0.1, -0.05) is 72.3 Å². The van der Waals surface area contributed by atoms with Crippen molar-refractivity contribution < 1.29 is 33.8 Å². The van der Waals surface area contributed by atoms with Crippen LogP contribution in [0, 0.1) is 17.8 Å². The fourth-order valence-electron chi connectivity index (χ4n) is 7.39. The fraction of sp³-hybridized carbons (Fsp3) is 0.600. The number of carbonyl (C=O) groups is 4. The highest BCUT2D eigenvalue weighted by molar-refractivity contribution is 9.09. The van der Waals surface area contributed by atoms with Crippen molar-refractivity contribution in [2.24, 2.45) is 17.8 Å². The summed E-state index contributed by atoms with van der Waals surface area (Å²) in [5.74, 6) is -3.74. The third kappa shape index (κ3) is 6.55. The maximum atomic E-state index is 14.6. The van der Waals surface area contributed by atoms with E-state index in [0.29, 0.717) is 18.4 Å². The van der Waals surface area contributed by atoms with Crippen LogP contribution in [0.4, 0.5) is 0 Å². The molecule has 1 spiro atoms. The zero-order valence-electron chi connectivity index (χ0n) is 27.4. The van der Waals surface area contributed by atoms with E-state index in [1.807, 2.05) is 58.0 Å². The van der Waals surface area contributed by atoms with E-state index in [0.717, 1.165) is 0 Å². The number of ether oxygens (including phenoxy) is 2. The summed E-state index contributed by atoms with van der Waals surface area (Å²) in [7, 11) is 0. The van der Waals surface area contributed by atoms with E-state index in [1.165, 1.54) is 4.90 Å². The molecule has 3 amide bonds. The minimum Gasteiger partial charge on any atom is -0.455 e. The van der Waals surface area contributed by atoms with Gasteiger partial charge in [-0.3, -0.25) is 19.2 Å². The Morgan fingerprint density at radius 3 is 2.41 bits per heavy atom. The van der Waals surface area contributed by atoms with Gasteiger partial charge in [-0.2, -0.15) is 0 Å². The van der Waals surface area contributed by atoms with Gasteiger partial charge < -0.3 is 29.7 Å². The zero-order chi connectivity index (χ0) is 33.9. The van der Waals surface area contributed by atoms with Crippen LogP contribution in [0.3, 0.4) is 0 Å². The number of esters is 1. The molecule has 0 aromatic heterocycles. The number of alkyl halides is 1. The van der Waals surface area contributed by atoms with Gasteiger partial charge >= 0.3 is 5.97 Å². The van der Waals surface area contributed by atoms with Crippen LogP contribution in [0.1, 0.15) is 65.5 Å². The molecule has 11 heteroatoms. The smallest absolute Gasteiger partial charge is 0.313 e. The molecule has 1 aromatic carbocycles. The molecule has 3 saturated heterocycles. The molecule has 1 unspecified atom stereocenters. The largest absolute Gasteiger partial charge is 0.455 e. The number of allylic oxidation sites excluding steroid dienone is 1. The van der Waals surface area contributed by atoms with E-state index in [4.69, 9.17) is 9.47 Å². The van der Waals surface area contributed by atoms with Crippen LogP contribution < -0.4 is 5.32 Å².